The van der Waals surface area contributed by atoms with Crippen LogP contribution in [0.5, 0.6) is 5.88 Å². The second kappa shape index (κ2) is 5.56. The standard InChI is InChI=1S/C13H15N3O4/c1-18-10-8-14-9-2-3-11(17)16(13(9)15-10)5-4-12-19-6-7-20-12/h2-3,8,12H,4-7H2,1H3. The van der Waals surface area contributed by atoms with E-state index in [-0.39, 0.29) is 11.8 Å². The predicted molar refractivity (Wildman–Crippen MR) is 70.7 cm³/mol. The predicted octanol–water partition coefficient (Wildman–Crippen LogP) is 0.563. The third-order valence-corrected chi connectivity index (χ3v) is 3.15. The lowest BCUT2D eigenvalue weighted by Gasteiger charge is -2.12. The van der Waals surface area contributed by atoms with Crippen molar-refractivity contribution in [3.8, 4) is 5.88 Å². The molecule has 0 N–H and O–H groups in total. The molecule has 0 atom stereocenters. The van der Waals surface area contributed by atoms with Crippen molar-refractivity contribution in [2.75, 3.05) is 20.3 Å². The van der Waals surface area contributed by atoms with Gasteiger partial charge in [0, 0.05) is 19.0 Å². The molecule has 1 aliphatic rings. The quantitative estimate of drug-likeness (QED) is 0.813. The number of hydrogen-bond donors (Lipinski definition) is 0. The van der Waals surface area contributed by atoms with Gasteiger partial charge in [-0.2, -0.15) is 4.98 Å². The fourth-order valence-corrected chi connectivity index (χ4v) is 2.16. The summed E-state index contributed by atoms with van der Waals surface area (Å²) in [6, 6.07) is 3.14. The van der Waals surface area contributed by atoms with Crippen LogP contribution in [0, 0.1) is 0 Å². The van der Waals surface area contributed by atoms with Gasteiger partial charge in [-0.15, -0.1) is 0 Å². The van der Waals surface area contributed by atoms with Crippen LogP contribution in [0.25, 0.3) is 11.2 Å². The van der Waals surface area contributed by atoms with Gasteiger partial charge < -0.3 is 14.2 Å². The van der Waals surface area contributed by atoms with Crippen LogP contribution in [-0.4, -0.2) is 41.1 Å². The topological polar surface area (TPSA) is 75.5 Å². The average molecular weight is 277 g/mol. The van der Waals surface area contributed by atoms with E-state index >= 15 is 0 Å². The summed E-state index contributed by atoms with van der Waals surface area (Å²) in [5.74, 6) is 0.380. The number of aryl methyl sites for hydroxylation is 1. The minimum atomic E-state index is -0.254. The molecule has 0 radical (unpaired) electrons. The van der Waals surface area contributed by atoms with Crippen molar-refractivity contribution in [3.05, 3.63) is 28.7 Å². The number of ether oxygens (including phenoxy) is 3. The fourth-order valence-electron chi connectivity index (χ4n) is 2.16. The van der Waals surface area contributed by atoms with Crippen molar-refractivity contribution >= 4 is 11.2 Å². The highest BCUT2D eigenvalue weighted by atomic mass is 16.7. The number of methoxy groups -OCH3 is 1. The summed E-state index contributed by atoms with van der Waals surface area (Å²) < 4.78 is 17.4. The zero-order chi connectivity index (χ0) is 13.9. The van der Waals surface area contributed by atoms with Crippen LogP contribution in [0.1, 0.15) is 6.42 Å². The zero-order valence-corrected chi connectivity index (χ0v) is 11.1. The third-order valence-electron chi connectivity index (χ3n) is 3.15. The molecule has 7 heteroatoms. The lowest BCUT2D eigenvalue weighted by Crippen LogP contribution is -2.23. The molecule has 0 spiro atoms. The van der Waals surface area contributed by atoms with Gasteiger partial charge in [0.1, 0.15) is 5.52 Å². The normalized spacial score (nSPS) is 15.8. The van der Waals surface area contributed by atoms with Crippen molar-refractivity contribution in [2.45, 2.75) is 19.3 Å². The van der Waals surface area contributed by atoms with Crippen molar-refractivity contribution in [1.29, 1.82) is 0 Å². The number of fused-ring (bicyclic) bond motifs is 1. The SMILES string of the molecule is COc1cnc2ccc(=O)n(CCC3OCCO3)c2n1. The van der Waals surface area contributed by atoms with E-state index in [1.165, 1.54) is 19.4 Å². The highest BCUT2D eigenvalue weighted by Gasteiger charge is 2.17. The number of hydrogen-bond acceptors (Lipinski definition) is 6. The number of nitrogens with zero attached hydrogens (tertiary/aromatic N) is 3. The van der Waals surface area contributed by atoms with Gasteiger partial charge in [-0.1, -0.05) is 0 Å². The maximum absolute atomic E-state index is 12.0. The fraction of sp³-hybridized carbons (Fsp3) is 0.462. The Morgan fingerprint density at radius 1 is 1.40 bits per heavy atom. The molecule has 1 fully saturated rings. The van der Waals surface area contributed by atoms with E-state index in [4.69, 9.17) is 14.2 Å². The first-order valence-corrected chi connectivity index (χ1v) is 6.42. The second-order valence-corrected chi connectivity index (χ2v) is 4.40. The van der Waals surface area contributed by atoms with Crippen molar-refractivity contribution in [2.24, 2.45) is 0 Å². The summed E-state index contributed by atoms with van der Waals surface area (Å²) in [5, 5.41) is 0. The summed E-state index contributed by atoms with van der Waals surface area (Å²) in [7, 11) is 1.52. The minimum Gasteiger partial charge on any atom is -0.480 e. The van der Waals surface area contributed by atoms with Gasteiger partial charge in [0.25, 0.3) is 5.56 Å². The monoisotopic (exact) mass is 277 g/mol. The van der Waals surface area contributed by atoms with E-state index in [1.54, 1.807) is 10.6 Å². The smallest absolute Gasteiger partial charge is 0.252 e. The summed E-state index contributed by atoms with van der Waals surface area (Å²) in [6.07, 6.45) is 1.87. The van der Waals surface area contributed by atoms with Crippen LogP contribution in [0.2, 0.25) is 0 Å². The first-order chi connectivity index (χ1) is 9.78. The molecule has 0 aliphatic carbocycles. The maximum Gasteiger partial charge on any atom is 0.252 e. The van der Waals surface area contributed by atoms with Crippen molar-refractivity contribution in [3.63, 3.8) is 0 Å². The highest BCUT2D eigenvalue weighted by Crippen LogP contribution is 2.14. The Bertz CT molecular complexity index is 664. The Hall–Kier alpha value is -1.99. The molecule has 0 unspecified atom stereocenters. The molecule has 3 rings (SSSR count). The van der Waals surface area contributed by atoms with E-state index in [0.29, 0.717) is 43.2 Å². The van der Waals surface area contributed by atoms with E-state index < -0.39 is 0 Å². The minimum absolute atomic E-state index is 0.127. The van der Waals surface area contributed by atoms with E-state index in [9.17, 15) is 4.79 Å². The summed E-state index contributed by atoms with van der Waals surface area (Å²) in [6.45, 7) is 1.66. The van der Waals surface area contributed by atoms with Crippen LogP contribution in [0.3, 0.4) is 0 Å². The largest absolute Gasteiger partial charge is 0.480 e. The van der Waals surface area contributed by atoms with Crippen LogP contribution < -0.4 is 10.3 Å². The summed E-state index contributed by atoms with van der Waals surface area (Å²) in [4.78, 5) is 20.5. The van der Waals surface area contributed by atoms with Gasteiger partial charge in [0.2, 0.25) is 5.88 Å². The molecule has 1 saturated heterocycles. The Kier molecular flexibility index (Phi) is 3.62. The first-order valence-electron chi connectivity index (χ1n) is 6.42. The molecule has 2 aromatic rings. The van der Waals surface area contributed by atoms with Gasteiger partial charge in [-0.3, -0.25) is 9.36 Å². The Labute approximate surface area is 115 Å². The highest BCUT2D eigenvalue weighted by molar-refractivity contribution is 5.70. The van der Waals surface area contributed by atoms with Crippen molar-refractivity contribution in [1.82, 2.24) is 14.5 Å². The number of pyridine rings is 1. The molecule has 3 heterocycles. The second-order valence-electron chi connectivity index (χ2n) is 4.40. The molecular formula is C13H15N3O4. The van der Waals surface area contributed by atoms with E-state index in [2.05, 4.69) is 9.97 Å². The molecule has 0 aromatic carbocycles. The van der Waals surface area contributed by atoms with Crippen LogP contribution in [0.15, 0.2) is 23.1 Å². The van der Waals surface area contributed by atoms with Gasteiger partial charge in [0.05, 0.1) is 26.5 Å². The third kappa shape index (κ3) is 2.50. The zero-order valence-electron chi connectivity index (χ0n) is 11.1. The molecule has 2 aromatic heterocycles. The molecule has 1 aliphatic heterocycles. The van der Waals surface area contributed by atoms with Crippen LogP contribution >= 0.6 is 0 Å². The molecule has 0 bridgehead atoms. The maximum atomic E-state index is 12.0. The summed E-state index contributed by atoms with van der Waals surface area (Å²) in [5.41, 5.74) is 1.03. The van der Waals surface area contributed by atoms with Gasteiger partial charge >= 0.3 is 0 Å². The molecule has 7 nitrogen and oxygen atoms in total. The average Bonchev–Trinajstić information content (AvgIpc) is 2.99. The molecule has 0 saturated carbocycles. The molecular weight excluding hydrogens is 262 g/mol. The van der Waals surface area contributed by atoms with E-state index in [1.807, 2.05) is 0 Å². The van der Waals surface area contributed by atoms with Gasteiger partial charge in [0.15, 0.2) is 11.9 Å². The lowest BCUT2D eigenvalue weighted by molar-refractivity contribution is -0.0490. The number of aromatic nitrogens is 3. The summed E-state index contributed by atoms with van der Waals surface area (Å²) >= 11 is 0. The first kappa shape index (κ1) is 13.0. The molecule has 20 heavy (non-hydrogen) atoms. The number of rotatable bonds is 4. The van der Waals surface area contributed by atoms with Gasteiger partial charge in [-0.05, 0) is 6.07 Å². The Balaban J connectivity index is 1.94. The van der Waals surface area contributed by atoms with Crippen LogP contribution in [-0.2, 0) is 16.0 Å². The van der Waals surface area contributed by atoms with Crippen LogP contribution in [0.4, 0.5) is 0 Å². The van der Waals surface area contributed by atoms with E-state index in [0.717, 1.165) is 0 Å². The van der Waals surface area contributed by atoms with Gasteiger partial charge in [-0.25, -0.2) is 4.98 Å². The molecule has 106 valence electrons. The Morgan fingerprint density at radius 3 is 2.95 bits per heavy atom. The Morgan fingerprint density at radius 2 is 2.20 bits per heavy atom. The van der Waals surface area contributed by atoms with Crippen molar-refractivity contribution < 1.29 is 14.2 Å². The molecule has 0 amide bonds. The lowest BCUT2D eigenvalue weighted by atomic mass is 10.3.